The monoisotopic (exact) mass is 309 g/mol. The molecule has 21 heavy (non-hydrogen) atoms. The number of rotatable bonds is 6. The summed E-state index contributed by atoms with van der Waals surface area (Å²) in [5, 5.41) is 12.2. The smallest absolute Gasteiger partial charge is 0.335 e. The van der Waals surface area contributed by atoms with Gasteiger partial charge >= 0.3 is 5.97 Å². The molecule has 0 saturated carbocycles. The summed E-state index contributed by atoms with van der Waals surface area (Å²) in [4.78, 5) is 10.8. The highest BCUT2D eigenvalue weighted by Crippen LogP contribution is 2.22. The van der Waals surface area contributed by atoms with Crippen LogP contribution in [-0.2, 0) is 0 Å². The second-order valence-electron chi connectivity index (χ2n) is 4.23. The Morgan fingerprint density at radius 3 is 2.86 bits per heavy atom. The van der Waals surface area contributed by atoms with Crippen LogP contribution in [0.5, 0.6) is 5.75 Å². The SMILES string of the molecule is O=C(O)c1cccc(OCCNc2cc(F)ccc2Cl)c1. The van der Waals surface area contributed by atoms with Crippen LogP contribution >= 0.6 is 11.6 Å². The molecule has 0 amide bonds. The highest BCUT2D eigenvalue weighted by Gasteiger charge is 2.04. The number of aromatic carboxylic acids is 1. The molecular weight excluding hydrogens is 297 g/mol. The van der Waals surface area contributed by atoms with E-state index in [4.69, 9.17) is 21.4 Å². The first kappa shape index (κ1) is 15.1. The Bertz CT molecular complexity index is 649. The Morgan fingerprint density at radius 2 is 2.10 bits per heavy atom. The van der Waals surface area contributed by atoms with Crippen molar-refractivity contribution in [3.05, 3.63) is 58.9 Å². The first-order valence-corrected chi connectivity index (χ1v) is 6.59. The minimum atomic E-state index is -1.01. The van der Waals surface area contributed by atoms with Gasteiger partial charge in [-0.1, -0.05) is 17.7 Å². The first-order chi connectivity index (χ1) is 10.1. The Kier molecular flexibility index (Phi) is 5.00. The largest absolute Gasteiger partial charge is 0.492 e. The Hall–Kier alpha value is -2.27. The predicted molar refractivity (Wildman–Crippen MR) is 78.8 cm³/mol. The number of anilines is 1. The average Bonchev–Trinajstić information content (AvgIpc) is 2.47. The number of ether oxygens (including phenoxy) is 1. The number of carboxylic acid groups (broad SMARTS) is 1. The van der Waals surface area contributed by atoms with E-state index < -0.39 is 5.97 Å². The molecule has 0 fully saturated rings. The zero-order valence-electron chi connectivity index (χ0n) is 11.0. The zero-order valence-corrected chi connectivity index (χ0v) is 11.7. The standard InChI is InChI=1S/C15H13ClFNO3/c16-13-5-4-11(17)9-14(13)18-6-7-21-12-3-1-2-10(8-12)15(19)20/h1-5,8-9,18H,6-7H2,(H,19,20). The number of halogens is 2. The van der Waals surface area contributed by atoms with Crippen molar-refractivity contribution in [1.82, 2.24) is 0 Å². The fraction of sp³-hybridized carbons (Fsp3) is 0.133. The van der Waals surface area contributed by atoms with Gasteiger partial charge in [-0.05, 0) is 36.4 Å². The van der Waals surface area contributed by atoms with Crippen molar-refractivity contribution in [2.24, 2.45) is 0 Å². The minimum absolute atomic E-state index is 0.161. The second-order valence-corrected chi connectivity index (χ2v) is 4.64. The second kappa shape index (κ2) is 6.95. The molecule has 2 aromatic carbocycles. The van der Waals surface area contributed by atoms with E-state index in [0.29, 0.717) is 23.0 Å². The van der Waals surface area contributed by atoms with Gasteiger partial charge in [0.15, 0.2) is 0 Å². The molecule has 2 N–H and O–H groups in total. The Balaban J connectivity index is 1.86. The molecule has 0 aliphatic carbocycles. The Labute approximate surface area is 126 Å². The summed E-state index contributed by atoms with van der Waals surface area (Å²) < 4.78 is 18.5. The average molecular weight is 310 g/mol. The number of hydrogen-bond donors (Lipinski definition) is 2. The van der Waals surface area contributed by atoms with Gasteiger partial charge in [-0.15, -0.1) is 0 Å². The summed E-state index contributed by atoms with van der Waals surface area (Å²) in [6, 6.07) is 10.2. The molecule has 0 aliphatic rings. The van der Waals surface area contributed by atoms with Crippen molar-refractivity contribution in [3.63, 3.8) is 0 Å². The molecule has 110 valence electrons. The molecule has 4 nitrogen and oxygen atoms in total. The normalized spacial score (nSPS) is 10.2. The van der Waals surface area contributed by atoms with E-state index in [-0.39, 0.29) is 18.0 Å². The van der Waals surface area contributed by atoms with Crippen molar-refractivity contribution in [2.75, 3.05) is 18.5 Å². The van der Waals surface area contributed by atoms with Crippen LogP contribution in [-0.4, -0.2) is 24.2 Å². The van der Waals surface area contributed by atoms with E-state index in [1.54, 1.807) is 12.1 Å². The van der Waals surface area contributed by atoms with Crippen LogP contribution in [0.4, 0.5) is 10.1 Å². The quantitative estimate of drug-likeness (QED) is 0.799. The number of carbonyl (C=O) groups is 1. The van der Waals surface area contributed by atoms with Gasteiger partial charge < -0.3 is 15.2 Å². The van der Waals surface area contributed by atoms with Crippen LogP contribution in [0.25, 0.3) is 0 Å². The summed E-state index contributed by atoms with van der Waals surface area (Å²) in [6.07, 6.45) is 0. The van der Waals surface area contributed by atoms with Gasteiger partial charge in [-0.2, -0.15) is 0 Å². The number of nitrogens with one attached hydrogen (secondary N) is 1. The fourth-order valence-electron chi connectivity index (χ4n) is 1.71. The molecule has 2 aromatic rings. The third-order valence-corrected chi connectivity index (χ3v) is 3.03. The van der Waals surface area contributed by atoms with E-state index in [2.05, 4.69) is 5.32 Å². The third kappa shape index (κ3) is 4.36. The topological polar surface area (TPSA) is 58.6 Å². The van der Waals surface area contributed by atoms with Crippen LogP contribution in [0.2, 0.25) is 5.02 Å². The van der Waals surface area contributed by atoms with Gasteiger partial charge in [0.1, 0.15) is 18.2 Å². The Morgan fingerprint density at radius 1 is 1.29 bits per heavy atom. The summed E-state index contributed by atoms with van der Waals surface area (Å²) in [7, 11) is 0. The van der Waals surface area contributed by atoms with Crippen molar-refractivity contribution in [3.8, 4) is 5.75 Å². The minimum Gasteiger partial charge on any atom is -0.492 e. The number of carboxylic acids is 1. The van der Waals surface area contributed by atoms with Gasteiger partial charge in [0, 0.05) is 6.54 Å². The highest BCUT2D eigenvalue weighted by atomic mass is 35.5. The van der Waals surface area contributed by atoms with Crippen molar-refractivity contribution in [1.29, 1.82) is 0 Å². The number of benzene rings is 2. The van der Waals surface area contributed by atoms with Gasteiger partial charge in [0.25, 0.3) is 0 Å². The molecule has 0 unspecified atom stereocenters. The summed E-state index contributed by atoms with van der Waals surface area (Å²) in [6.45, 7) is 0.691. The molecule has 0 saturated heterocycles. The van der Waals surface area contributed by atoms with Crippen LogP contribution in [0.3, 0.4) is 0 Å². The molecular formula is C15H13ClFNO3. The highest BCUT2D eigenvalue weighted by molar-refractivity contribution is 6.33. The van der Waals surface area contributed by atoms with Gasteiger partial charge in [0.05, 0.1) is 16.3 Å². The molecule has 0 aromatic heterocycles. The van der Waals surface area contributed by atoms with Crippen LogP contribution < -0.4 is 10.1 Å². The molecule has 0 radical (unpaired) electrons. The van der Waals surface area contributed by atoms with Gasteiger partial charge in [-0.3, -0.25) is 0 Å². The lowest BCUT2D eigenvalue weighted by Gasteiger charge is -2.10. The van der Waals surface area contributed by atoms with E-state index in [1.165, 1.54) is 30.3 Å². The summed E-state index contributed by atoms with van der Waals surface area (Å²) >= 11 is 5.91. The third-order valence-electron chi connectivity index (χ3n) is 2.70. The summed E-state index contributed by atoms with van der Waals surface area (Å²) in [5.74, 6) is -0.927. The lowest BCUT2D eigenvalue weighted by Crippen LogP contribution is -2.12. The predicted octanol–water partition coefficient (Wildman–Crippen LogP) is 3.67. The summed E-state index contributed by atoms with van der Waals surface area (Å²) in [5.41, 5.74) is 0.646. The molecule has 0 bridgehead atoms. The molecule has 0 heterocycles. The number of hydrogen-bond acceptors (Lipinski definition) is 3. The van der Waals surface area contributed by atoms with E-state index in [1.807, 2.05) is 0 Å². The first-order valence-electron chi connectivity index (χ1n) is 6.21. The van der Waals surface area contributed by atoms with E-state index in [9.17, 15) is 9.18 Å². The lowest BCUT2D eigenvalue weighted by molar-refractivity contribution is 0.0696. The zero-order chi connectivity index (χ0) is 15.2. The molecule has 0 atom stereocenters. The van der Waals surface area contributed by atoms with Crippen molar-refractivity contribution in [2.45, 2.75) is 0 Å². The van der Waals surface area contributed by atoms with Crippen molar-refractivity contribution >= 4 is 23.3 Å². The molecule has 2 rings (SSSR count). The van der Waals surface area contributed by atoms with Gasteiger partial charge in [-0.25, -0.2) is 9.18 Å². The molecule has 6 heteroatoms. The lowest BCUT2D eigenvalue weighted by atomic mass is 10.2. The van der Waals surface area contributed by atoms with E-state index >= 15 is 0 Å². The maximum absolute atomic E-state index is 13.1. The molecule has 0 aliphatic heterocycles. The molecule has 0 spiro atoms. The van der Waals surface area contributed by atoms with Crippen LogP contribution in [0, 0.1) is 5.82 Å². The van der Waals surface area contributed by atoms with Gasteiger partial charge in [0.2, 0.25) is 0 Å². The van der Waals surface area contributed by atoms with Crippen LogP contribution in [0.1, 0.15) is 10.4 Å². The maximum Gasteiger partial charge on any atom is 0.335 e. The van der Waals surface area contributed by atoms with E-state index in [0.717, 1.165) is 0 Å². The van der Waals surface area contributed by atoms with Crippen molar-refractivity contribution < 1.29 is 19.0 Å². The fourth-order valence-corrected chi connectivity index (χ4v) is 1.89. The maximum atomic E-state index is 13.1. The van der Waals surface area contributed by atoms with Crippen LogP contribution in [0.15, 0.2) is 42.5 Å².